The maximum absolute atomic E-state index is 9.10. The first-order valence-electron chi connectivity index (χ1n) is 8.46. The van der Waals surface area contributed by atoms with Gasteiger partial charge in [0.25, 0.3) is 0 Å². The van der Waals surface area contributed by atoms with Gasteiger partial charge in [0, 0.05) is 6.54 Å². The molecule has 0 radical (unpaired) electrons. The minimum Gasteiger partial charge on any atom is -0.497 e. The van der Waals surface area contributed by atoms with Crippen LogP contribution >= 0.6 is 0 Å². The molecule has 0 saturated heterocycles. The maximum atomic E-state index is 9.10. The number of aliphatic carboxylic acids is 2. The SMILES string of the molecule is CCCN(CCCCN)CCc1cccc(OC)c1.O=C(O)C(=O)O. The molecule has 0 amide bonds. The van der Waals surface area contributed by atoms with E-state index in [0.29, 0.717) is 0 Å². The zero-order valence-corrected chi connectivity index (χ0v) is 15.1. The molecular formula is C18H30N2O5. The lowest BCUT2D eigenvalue weighted by Gasteiger charge is -2.21. The van der Waals surface area contributed by atoms with E-state index in [9.17, 15) is 0 Å². The van der Waals surface area contributed by atoms with Gasteiger partial charge in [-0.1, -0.05) is 19.1 Å². The lowest BCUT2D eigenvalue weighted by molar-refractivity contribution is -0.159. The number of benzene rings is 1. The highest BCUT2D eigenvalue weighted by molar-refractivity contribution is 6.27. The van der Waals surface area contributed by atoms with Gasteiger partial charge in [0.2, 0.25) is 0 Å². The maximum Gasteiger partial charge on any atom is 0.414 e. The van der Waals surface area contributed by atoms with E-state index in [1.54, 1.807) is 7.11 Å². The topological polar surface area (TPSA) is 113 Å². The Kier molecular flexibility index (Phi) is 13.0. The van der Waals surface area contributed by atoms with Crippen LogP contribution in [0.15, 0.2) is 24.3 Å². The molecule has 0 aromatic heterocycles. The summed E-state index contributed by atoms with van der Waals surface area (Å²) in [6, 6.07) is 8.36. The highest BCUT2D eigenvalue weighted by atomic mass is 16.5. The fourth-order valence-electron chi connectivity index (χ4n) is 2.25. The number of hydrogen-bond acceptors (Lipinski definition) is 5. The van der Waals surface area contributed by atoms with Gasteiger partial charge in [-0.05, 0) is 63.0 Å². The summed E-state index contributed by atoms with van der Waals surface area (Å²) >= 11 is 0. The van der Waals surface area contributed by atoms with Crippen LogP contribution in [0.1, 0.15) is 31.7 Å². The number of carbonyl (C=O) groups is 2. The second-order valence-corrected chi connectivity index (χ2v) is 5.55. The van der Waals surface area contributed by atoms with Gasteiger partial charge >= 0.3 is 11.9 Å². The number of ether oxygens (including phenoxy) is 1. The Morgan fingerprint density at radius 2 is 1.80 bits per heavy atom. The first kappa shape index (κ1) is 22.9. The van der Waals surface area contributed by atoms with Crippen molar-refractivity contribution in [3.8, 4) is 5.75 Å². The standard InChI is InChI=1S/C16H28N2O.C2H2O4/c1-3-11-18(12-5-4-10-17)13-9-15-7-6-8-16(14-15)19-2;3-1(4)2(5)6/h6-8,14H,3-5,9-13,17H2,1-2H3;(H,3,4)(H,5,6). The summed E-state index contributed by atoms with van der Waals surface area (Å²) in [4.78, 5) is 20.7. The first-order valence-corrected chi connectivity index (χ1v) is 8.46. The van der Waals surface area contributed by atoms with Crippen molar-refractivity contribution in [1.82, 2.24) is 4.90 Å². The van der Waals surface area contributed by atoms with Gasteiger partial charge in [-0.3, -0.25) is 0 Å². The van der Waals surface area contributed by atoms with E-state index in [1.165, 1.54) is 24.9 Å². The van der Waals surface area contributed by atoms with Gasteiger partial charge in [-0.2, -0.15) is 0 Å². The largest absolute Gasteiger partial charge is 0.497 e. The quantitative estimate of drug-likeness (QED) is 0.434. The average molecular weight is 354 g/mol. The fourth-order valence-corrected chi connectivity index (χ4v) is 2.25. The molecule has 0 unspecified atom stereocenters. The number of unbranched alkanes of at least 4 members (excludes halogenated alkanes) is 1. The molecule has 1 aromatic rings. The van der Waals surface area contributed by atoms with E-state index in [4.69, 9.17) is 30.3 Å². The van der Waals surface area contributed by atoms with Crippen molar-refractivity contribution in [2.75, 3.05) is 33.3 Å². The molecule has 142 valence electrons. The number of carboxylic acids is 2. The molecule has 0 aliphatic heterocycles. The zero-order chi connectivity index (χ0) is 19.1. The summed E-state index contributed by atoms with van der Waals surface area (Å²) < 4.78 is 5.26. The molecule has 4 N–H and O–H groups in total. The normalized spacial score (nSPS) is 10.1. The first-order chi connectivity index (χ1) is 11.9. The Balaban J connectivity index is 0.000000823. The molecule has 0 aliphatic carbocycles. The molecule has 0 saturated carbocycles. The average Bonchev–Trinajstić information content (AvgIpc) is 2.60. The smallest absolute Gasteiger partial charge is 0.414 e. The molecule has 0 fully saturated rings. The van der Waals surface area contributed by atoms with Crippen molar-refractivity contribution in [3.63, 3.8) is 0 Å². The molecule has 25 heavy (non-hydrogen) atoms. The summed E-state index contributed by atoms with van der Waals surface area (Å²) in [7, 11) is 1.72. The minimum atomic E-state index is -1.82. The van der Waals surface area contributed by atoms with Crippen LogP contribution in [0.5, 0.6) is 5.75 Å². The van der Waals surface area contributed by atoms with Crippen LogP contribution < -0.4 is 10.5 Å². The van der Waals surface area contributed by atoms with Gasteiger partial charge in [0.05, 0.1) is 7.11 Å². The van der Waals surface area contributed by atoms with Crippen LogP contribution in [-0.2, 0) is 16.0 Å². The third-order valence-electron chi connectivity index (χ3n) is 3.50. The van der Waals surface area contributed by atoms with E-state index in [2.05, 4.69) is 30.0 Å². The van der Waals surface area contributed by atoms with Crippen molar-refractivity contribution in [3.05, 3.63) is 29.8 Å². The lowest BCUT2D eigenvalue weighted by Crippen LogP contribution is -2.28. The molecule has 0 bridgehead atoms. The number of hydrogen-bond donors (Lipinski definition) is 3. The molecule has 1 rings (SSSR count). The number of nitrogens with two attached hydrogens (primary N) is 1. The second kappa shape index (κ2) is 14.2. The highest BCUT2D eigenvalue weighted by Gasteiger charge is 2.05. The third kappa shape index (κ3) is 12.0. The van der Waals surface area contributed by atoms with Gasteiger partial charge in [-0.15, -0.1) is 0 Å². The van der Waals surface area contributed by atoms with Crippen molar-refractivity contribution in [1.29, 1.82) is 0 Å². The monoisotopic (exact) mass is 354 g/mol. The van der Waals surface area contributed by atoms with Gasteiger partial charge in [0.15, 0.2) is 0 Å². The van der Waals surface area contributed by atoms with Crippen LogP contribution in [0.25, 0.3) is 0 Å². The molecule has 0 aliphatic rings. The molecule has 7 heteroatoms. The van der Waals surface area contributed by atoms with E-state index < -0.39 is 11.9 Å². The minimum absolute atomic E-state index is 0.801. The second-order valence-electron chi connectivity index (χ2n) is 5.55. The van der Waals surface area contributed by atoms with Crippen molar-refractivity contribution in [2.45, 2.75) is 32.6 Å². The van der Waals surface area contributed by atoms with Crippen LogP contribution in [0, 0.1) is 0 Å². The van der Waals surface area contributed by atoms with E-state index in [-0.39, 0.29) is 0 Å². The molecule has 1 aromatic carbocycles. The summed E-state index contributed by atoms with van der Waals surface area (Å²) in [6.07, 6.45) is 4.62. The number of rotatable bonds is 10. The Morgan fingerprint density at radius 1 is 1.12 bits per heavy atom. The molecule has 0 heterocycles. The number of carboxylic acid groups (broad SMARTS) is 2. The Labute approximate surface area is 149 Å². The van der Waals surface area contributed by atoms with E-state index in [0.717, 1.165) is 38.2 Å². The predicted octanol–water partition coefficient (Wildman–Crippen LogP) is 1.84. The van der Waals surface area contributed by atoms with Crippen LogP contribution in [0.4, 0.5) is 0 Å². The van der Waals surface area contributed by atoms with Crippen LogP contribution in [-0.4, -0.2) is 60.3 Å². The van der Waals surface area contributed by atoms with Gasteiger partial charge in [-0.25, -0.2) is 9.59 Å². The van der Waals surface area contributed by atoms with E-state index >= 15 is 0 Å². The summed E-state index contributed by atoms with van der Waals surface area (Å²) in [5.74, 6) is -2.70. The molecule has 7 nitrogen and oxygen atoms in total. The molecule has 0 spiro atoms. The third-order valence-corrected chi connectivity index (χ3v) is 3.50. The lowest BCUT2D eigenvalue weighted by atomic mass is 10.1. The Bertz CT molecular complexity index is 496. The predicted molar refractivity (Wildman–Crippen MR) is 97.0 cm³/mol. The van der Waals surface area contributed by atoms with Crippen LogP contribution in [0.3, 0.4) is 0 Å². The van der Waals surface area contributed by atoms with Crippen molar-refractivity contribution in [2.24, 2.45) is 5.73 Å². The van der Waals surface area contributed by atoms with Crippen molar-refractivity contribution < 1.29 is 24.5 Å². The van der Waals surface area contributed by atoms with Gasteiger partial charge in [0.1, 0.15) is 5.75 Å². The fraction of sp³-hybridized carbons (Fsp3) is 0.556. The zero-order valence-electron chi connectivity index (χ0n) is 15.1. The molecular weight excluding hydrogens is 324 g/mol. The van der Waals surface area contributed by atoms with Crippen LogP contribution in [0.2, 0.25) is 0 Å². The highest BCUT2D eigenvalue weighted by Crippen LogP contribution is 2.13. The van der Waals surface area contributed by atoms with Crippen molar-refractivity contribution >= 4 is 11.9 Å². The number of nitrogens with zero attached hydrogens (tertiary/aromatic N) is 1. The summed E-state index contributed by atoms with van der Waals surface area (Å²) in [6.45, 7) is 6.49. The van der Waals surface area contributed by atoms with Gasteiger partial charge < -0.3 is 25.6 Å². The number of methoxy groups -OCH3 is 1. The summed E-state index contributed by atoms with van der Waals surface area (Å²) in [5, 5.41) is 14.8. The Morgan fingerprint density at radius 3 is 2.32 bits per heavy atom. The Hall–Kier alpha value is -2.12. The molecule has 0 atom stereocenters. The summed E-state index contributed by atoms with van der Waals surface area (Å²) in [5.41, 5.74) is 6.90. The van der Waals surface area contributed by atoms with E-state index in [1.807, 2.05) is 6.07 Å².